The van der Waals surface area contributed by atoms with E-state index in [1.54, 1.807) is 4.90 Å². The summed E-state index contributed by atoms with van der Waals surface area (Å²) in [5.74, 6) is 0. The Morgan fingerprint density at radius 1 is 0.826 bits per heavy atom. The van der Waals surface area contributed by atoms with Gasteiger partial charge >= 0.3 is 0 Å². The van der Waals surface area contributed by atoms with Crippen LogP contribution in [0.2, 0.25) is 0 Å². The third-order valence-electron chi connectivity index (χ3n) is 4.41. The van der Waals surface area contributed by atoms with E-state index in [-0.39, 0.29) is 0 Å². The smallest absolute Gasteiger partial charge is 0.250 e. The van der Waals surface area contributed by atoms with Gasteiger partial charge in [0.1, 0.15) is 5.69 Å². The SMILES string of the molecule is Cc1cccc(N(C)c2c(-c3ccc(C)c(C)c3)c(=O)c2=O)c1. The first kappa shape index (κ1) is 15.2. The molecular weight excluding hydrogens is 286 g/mol. The fourth-order valence-electron chi connectivity index (χ4n) is 2.83. The zero-order valence-corrected chi connectivity index (χ0v) is 13.8. The minimum atomic E-state index is -0.415. The molecular formula is C20H19NO2. The molecule has 0 atom stereocenters. The lowest BCUT2D eigenvalue weighted by Crippen LogP contribution is -2.38. The summed E-state index contributed by atoms with van der Waals surface area (Å²) in [5.41, 5.74) is 5.28. The van der Waals surface area contributed by atoms with Crippen molar-refractivity contribution in [2.24, 2.45) is 0 Å². The molecule has 3 aromatic rings. The molecule has 0 spiro atoms. The van der Waals surface area contributed by atoms with Gasteiger partial charge in [-0.3, -0.25) is 9.59 Å². The van der Waals surface area contributed by atoms with Crippen molar-refractivity contribution < 1.29 is 0 Å². The lowest BCUT2D eigenvalue weighted by Gasteiger charge is -2.24. The number of benzene rings is 2. The summed E-state index contributed by atoms with van der Waals surface area (Å²) in [5, 5.41) is 0. The van der Waals surface area contributed by atoms with Crippen LogP contribution in [0.15, 0.2) is 52.1 Å². The third-order valence-corrected chi connectivity index (χ3v) is 4.41. The molecule has 0 aliphatic rings. The molecule has 3 aromatic carbocycles. The van der Waals surface area contributed by atoms with Crippen LogP contribution in [0.4, 0.5) is 11.4 Å². The molecule has 0 aliphatic carbocycles. The van der Waals surface area contributed by atoms with Crippen LogP contribution in [0.5, 0.6) is 0 Å². The van der Waals surface area contributed by atoms with Gasteiger partial charge in [-0.15, -0.1) is 0 Å². The summed E-state index contributed by atoms with van der Waals surface area (Å²) in [7, 11) is 1.83. The van der Waals surface area contributed by atoms with E-state index >= 15 is 0 Å². The number of hydrogen-bond donors (Lipinski definition) is 0. The Bertz CT molecular complexity index is 962. The van der Waals surface area contributed by atoms with Crippen molar-refractivity contribution in [3.8, 4) is 11.1 Å². The lowest BCUT2D eigenvalue weighted by atomic mass is 9.94. The number of hydrogen-bond acceptors (Lipinski definition) is 3. The first-order valence-electron chi connectivity index (χ1n) is 7.61. The molecule has 0 N–H and O–H groups in total. The van der Waals surface area contributed by atoms with Gasteiger partial charge in [-0.2, -0.15) is 0 Å². The average molecular weight is 305 g/mol. The van der Waals surface area contributed by atoms with E-state index in [1.807, 2.05) is 70.3 Å². The van der Waals surface area contributed by atoms with Crippen molar-refractivity contribution in [1.29, 1.82) is 0 Å². The van der Waals surface area contributed by atoms with Crippen LogP contribution in [0, 0.1) is 20.8 Å². The van der Waals surface area contributed by atoms with Crippen molar-refractivity contribution in [2.45, 2.75) is 20.8 Å². The quantitative estimate of drug-likeness (QED) is 0.693. The fraction of sp³-hybridized carbons (Fsp3) is 0.200. The van der Waals surface area contributed by atoms with Crippen molar-refractivity contribution in [3.63, 3.8) is 0 Å². The maximum absolute atomic E-state index is 12.1. The molecule has 3 heteroatoms. The standard InChI is InChI=1S/C20H19NO2/c1-12-6-5-7-16(10-12)21(4)18-17(19(22)20(18)23)15-9-8-13(2)14(3)11-15/h5-11H,1-4H3. The monoisotopic (exact) mass is 305 g/mol. The van der Waals surface area contributed by atoms with E-state index in [1.165, 1.54) is 5.56 Å². The van der Waals surface area contributed by atoms with E-state index in [0.717, 1.165) is 22.4 Å². The molecule has 0 radical (unpaired) electrons. The Balaban J connectivity index is 2.12. The molecule has 0 heterocycles. The highest BCUT2D eigenvalue weighted by Gasteiger charge is 2.26. The highest BCUT2D eigenvalue weighted by atomic mass is 16.2. The summed E-state index contributed by atoms with van der Waals surface area (Å²) >= 11 is 0. The molecule has 0 saturated heterocycles. The molecule has 0 aliphatic heterocycles. The molecule has 3 rings (SSSR count). The summed E-state index contributed by atoms with van der Waals surface area (Å²) in [6.45, 7) is 6.04. The predicted molar refractivity (Wildman–Crippen MR) is 95.5 cm³/mol. The zero-order valence-electron chi connectivity index (χ0n) is 13.8. The zero-order chi connectivity index (χ0) is 16.7. The van der Waals surface area contributed by atoms with Gasteiger partial charge < -0.3 is 4.90 Å². The van der Waals surface area contributed by atoms with Gasteiger partial charge in [0.2, 0.25) is 5.43 Å². The number of anilines is 2. The Hall–Kier alpha value is -2.68. The molecule has 23 heavy (non-hydrogen) atoms. The van der Waals surface area contributed by atoms with Gasteiger partial charge in [-0.25, -0.2) is 0 Å². The summed E-state index contributed by atoms with van der Waals surface area (Å²) in [6.07, 6.45) is 0. The number of rotatable bonds is 3. The van der Waals surface area contributed by atoms with Crippen molar-refractivity contribution in [1.82, 2.24) is 0 Å². The molecule has 3 nitrogen and oxygen atoms in total. The van der Waals surface area contributed by atoms with E-state index in [4.69, 9.17) is 0 Å². The summed E-state index contributed by atoms with van der Waals surface area (Å²) < 4.78 is 0. The van der Waals surface area contributed by atoms with Crippen molar-refractivity contribution in [3.05, 3.63) is 79.6 Å². The Morgan fingerprint density at radius 2 is 1.57 bits per heavy atom. The van der Waals surface area contributed by atoms with Crippen LogP contribution in [-0.2, 0) is 0 Å². The maximum atomic E-state index is 12.1. The Morgan fingerprint density at radius 3 is 2.22 bits per heavy atom. The highest BCUT2D eigenvalue weighted by Crippen LogP contribution is 2.31. The van der Waals surface area contributed by atoms with Gasteiger partial charge in [0.15, 0.2) is 0 Å². The van der Waals surface area contributed by atoms with Crippen LogP contribution in [0.1, 0.15) is 16.7 Å². The van der Waals surface area contributed by atoms with Gasteiger partial charge in [-0.05, 0) is 55.2 Å². The van der Waals surface area contributed by atoms with Gasteiger partial charge in [-0.1, -0.05) is 30.3 Å². The van der Waals surface area contributed by atoms with E-state index in [0.29, 0.717) is 11.3 Å². The number of nitrogens with zero attached hydrogens (tertiary/aromatic N) is 1. The Labute approximate surface area is 135 Å². The van der Waals surface area contributed by atoms with Crippen molar-refractivity contribution in [2.75, 3.05) is 11.9 Å². The maximum Gasteiger partial charge on any atom is 0.250 e. The summed E-state index contributed by atoms with van der Waals surface area (Å²) in [4.78, 5) is 26.1. The lowest BCUT2D eigenvalue weighted by molar-refractivity contribution is 1.16. The molecule has 0 unspecified atom stereocenters. The first-order valence-corrected chi connectivity index (χ1v) is 7.61. The largest absolute Gasteiger partial charge is 0.341 e. The summed E-state index contributed by atoms with van der Waals surface area (Å²) in [6, 6.07) is 13.8. The van der Waals surface area contributed by atoms with Crippen LogP contribution in [0.3, 0.4) is 0 Å². The second-order valence-corrected chi connectivity index (χ2v) is 6.08. The third kappa shape index (κ3) is 2.48. The van der Waals surface area contributed by atoms with Crippen LogP contribution in [0.25, 0.3) is 11.1 Å². The molecule has 116 valence electrons. The predicted octanol–water partition coefficient (Wildman–Crippen LogP) is 3.64. The van der Waals surface area contributed by atoms with E-state index < -0.39 is 10.9 Å². The van der Waals surface area contributed by atoms with Crippen molar-refractivity contribution >= 4 is 11.4 Å². The molecule has 0 aromatic heterocycles. The van der Waals surface area contributed by atoms with Gasteiger partial charge in [0.05, 0.1) is 5.56 Å². The molecule has 0 saturated carbocycles. The van der Waals surface area contributed by atoms with E-state index in [9.17, 15) is 9.59 Å². The minimum absolute atomic E-state index is 0.400. The molecule has 0 fully saturated rings. The second-order valence-electron chi connectivity index (χ2n) is 6.08. The van der Waals surface area contributed by atoms with Gasteiger partial charge in [0.25, 0.3) is 5.43 Å². The van der Waals surface area contributed by atoms with Gasteiger partial charge in [0, 0.05) is 12.7 Å². The van der Waals surface area contributed by atoms with E-state index in [2.05, 4.69) is 0 Å². The normalized spacial score (nSPS) is 11.0. The van der Waals surface area contributed by atoms with Crippen LogP contribution in [-0.4, -0.2) is 7.05 Å². The fourth-order valence-corrected chi connectivity index (χ4v) is 2.83. The molecule has 0 bridgehead atoms. The topological polar surface area (TPSA) is 37.4 Å². The Kier molecular flexibility index (Phi) is 3.64. The molecule has 0 amide bonds. The van der Waals surface area contributed by atoms with Crippen LogP contribution < -0.4 is 15.8 Å². The average Bonchev–Trinajstić information content (AvgIpc) is 2.54. The minimum Gasteiger partial charge on any atom is -0.341 e. The first-order chi connectivity index (χ1) is 10.9. The number of aryl methyl sites for hydroxylation is 3. The van der Waals surface area contributed by atoms with Crippen LogP contribution >= 0.6 is 0 Å². The second kappa shape index (κ2) is 5.51. The highest BCUT2D eigenvalue weighted by molar-refractivity contribution is 5.86.